The van der Waals surface area contributed by atoms with Crippen LogP contribution in [0.25, 0.3) is 0 Å². The van der Waals surface area contributed by atoms with Gasteiger partial charge in [0.2, 0.25) is 0 Å². The first-order valence-corrected chi connectivity index (χ1v) is 7.65. The summed E-state index contributed by atoms with van der Waals surface area (Å²) >= 11 is 0. The van der Waals surface area contributed by atoms with Crippen molar-refractivity contribution in [2.24, 2.45) is 5.41 Å². The molecule has 1 aliphatic carbocycles. The molecule has 1 unspecified atom stereocenters. The maximum absolute atomic E-state index is 5.84. The van der Waals surface area contributed by atoms with Crippen molar-refractivity contribution >= 4 is 0 Å². The molecule has 112 valence electrons. The molecule has 3 heteroatoms. The Balaban J connectivity index is 1.73. The molecule has 0 spiro atoms. The van der Waals surface area contributed by atoms with Gasteiger partial charge in [-0.15, -0.1) is 0 Å². The Kier molecular flexibility index (Phi) is 5.30. The molecule has 0 aromatic heterocycles. The van der Waals surface area contributed by atoms with Gasteiger partial charge in [0.05, 0.1) is 13.7 Å². The van der Waals surface area contributed by atoms with Gasteiger partial charge < -0.3 is 14.8 Å². The summed E-state index contributed by atoms with van der Waals surface area (Å²) in [7, 11) is 1.68. The average Bonchev–Trinajstić information content (AvgIpc) is 3.30. The summed E-state index contributed by atoms with van der Waals surface area (Å²) in [4.78, 5) is 0. The summed E-state index contributed by atoms with van der Waals surface area (Å²) in [6.07, 6.45) is 4.96. The lowest BCUT2D eigenvalue weighted by Gasteiger charge is -2.28. The van der Waals surface area contributed by atoms with E-state index in [1.54, 1.807) is 7.11 Å². The Labute approximate surface area is 122 Å². The molecule has 1 aliphatic rings. The molecule has 1 atom stereocenters. The molecule has 0 amide bonds. The zero-order chi connectivity index (χ0) is 14.4. The topological polar surface area (TPSA) is 30.5 Å². The fourth-order valence-corrected chi connectivity index (χ4v) is 2.16. The van der Waals surface area contributed by atoms with E-state index in [0.717, 1.165) is 37.1 Å². The summed E-state index contributed by atoms with van der Waals surface area (Å²) in [5.41, 5.74) is 0.328. The molecule has 1 N–H and O–H groups in total. The van der Waals surface area contributed by atoms with E-state index in [9.17, 15) is 0 Å². The smallest absolute Gasteiger partial charge is 0.119 e. The Morgan fingerprint density at radius 3 is 2.40 bits per heavy atom. The molecule has 2 rings (SSSR count). The molecule has 0 heterocycles. The van der Waals surface area contributed by atoms with Crippen LogP contribution in [0.4, 0.5) is 0 Å². The van der Waals surface area contributed by atoms with Gasteiger partial charge in [0, 0.05) is 12.6 Å². The van der Waals surface area contributed by atoms with E-state index in [2.05, 4.69) is 19.2 Å². The molecule has 1 aromatic carbocycles. The standard InChI is InChI=1S/C17H27NO2/c1-4-17(2,13-18-14-5-6-14)11-12-20-16-9-7-15(19-3)8-10-16/h7-10,14,18H,4-6,11-13H2,1-3H3. The lowest BCUT2D eigenvalue weighted by molar-refractivity contribution is 0.199. The van der Waals surface area contributed by atoms with E-state index in [4.69, 9.17) is 9.47 Å². The lowest BCUT2D eigenvalue weighted by atomic mass is 9.84. The predicted octanol–water partition coefficient (Wildman–Crippen LogP) is 3.63. The summed E-state index contributed by atoms with van der Waals surface area (Å²) in [5.74, 6) is 1.78. The maximum atomic E-state index is 5.84. The van der Waals surface area contributed by atoms with Crippen molar-refractivity contribution in [2.45, 2.75) is 45.6 Å². The van der Waals surface area contributed by atoms with Crippen molar-refractivity contribution in [1.82, 2.24) is 5.32 Å². The maximum Gasteiger partial charge on any atom is 0.119 e. The summed E-state index contributed by atoms with van der Waals surface area (Å²) in [6, 6.07) is 8.57. The fourth-order valence-electron chi connectivity index (χ4n) is 2.16. The monoisotopic (exact) mass is 277 g/mol. The van der Waals surface area contributed by atoms with Gasteiger partial charge in [-0.05, 0) is 55.4 Å². The highest BCUT2D eigenvalue weighted by Gasteiger charge is 2.27. The second kappa shape index (κ2) is 6.98. The summed E-state index contributed by atoms with van der Waals surface area (Å²) in [5, 5.41) is 3.64. The van der Waals surface area contributed by atoms with Crippen LogP contribution >= 0.6 is 0 Å². The third kappa shape index (κ3) is 4.71. The summed E-state index contributed by atoms with van der Waals surface area (Å²) < 4.78 is 11.0. The normalized spacial score (nSPS) is 17.6. The zero-order valence-corrected chi connectivity index (χ0v) is 12.9. The van der Waals surface area contributed by atoms with Gasteiger partial charge in [0.15, 0.2) is 0 Å². The molecule has 1 aromatic rings. The number of hydrogen-bond acceptors (Lipinski definition) is 3. The van der Waals surface area contributed by atoms with Crippen LogP contribution < -0.4 is 14.8 Å². The number of benzene rings is 1. The summed E-state index contributed by atoms with van der Waals surface area (Å²) in [6.45, 7) is 6.48. The van der Waals surface area contributed by atoms with Gasteiger partial charge in [-0.2, -0.15) is 0 Å². The number of hydrogen-bond donors (Lipinski definition) is 1. The van der Waals surface area contributed by atoms with Crippen molar-refractivity contribution in [3.05, 3.63) is 24.3 Å². The first-order valence-electron chi connectivity index (χ1n) is 7.65. The largest absolute Gasteiger partial charge is 0.497 e. The first-order chi connectivity index (χ1) is 9.65. The van der Waals surface area contributed by atoms with Crippen LogP contribution in [0.3, 0.4) is 0 Å². The van der Waals surface area contributed by atoms with E-state index in [-0.39, 0.29) is 0 Å². The van der Waals surface area contributed by atoms with Gasteiger partial charge in [-0.25, -0.2) is 0 Å². The van der Waals surface area contributed by atoms with Crippen LogP contribution in [0.15, 0.2) is 24.3 Å². The molecule has 1 saturated carbocycles. The lowest BCUT2D eigenvalue weighted by Crippen LogP contribution is -2.34. The Morgan fingerprint density at radius 2 is 1.85 bits per heavy atom. The van der Waals surface area contributed by atoms with Gasteiger partial charge in [0.1, 0.15) is 11.5 Å². The average molecular weight is 277 g/mol. The van der Waals surface area contributed by atoms with Crippen molar-refractivity contribution in [3.8, 4) is 11.5 Å². The Bertz CT molecular complexity index is 400. The molecule has 0 radical (unpaired) electrons. The van der Waals surface area contributed by atoms with Crippen molar-refractivity contribution in [1.29, 1.82) is 0 Å². The van der Waals surface area contributed by atoms with E-state index < -0.39 is 0 Å². The number of nitrogens with one attached hydrogen (secondary N) is 1. The highest BCUT2D eigenvalue weighted by molar-refractivity contribution is 5.31. The third-order valence-corrected chi connectivity index (χ3v) is 4.28. The SMILES string of the molecule is CCC(C)(CCOc1ccc(OC)cc1)CNC1CC1. The van der Waals surface area contributed by atoms with Crippen molar-refractivity contribution < 1.29 is 9.47 Å². The van der Waals surface area contributed by atoms with Crippen LogP contribution in [0.5, 0.6) is 11.5 Å². The molecular formula is C17H27NO2. The fraction of sp³-hybridized carbons (Fsp3) is 0.647. The van der Waals surface area contributed by atoms with Gasteiger partial charge in [-0.1, -0.05) is 13.8 Å². The minimum Gasteiger partial charge on any atom is -0.497 e. The van der Waals surface area contributed by atoms with E-state index in [1.165, 1.54) is 19.3 Å². The molecular weight excluding hydrogens is 250 g/mol. The Morgan fingerprint density at radius 1 is 1.20 bits per heavy atom. The number of methoxy groups -OCH3 is 1. The van der Waals surface area contributed by atoms with Crippen LogP contribution in [0, 0.1) is 5.41 Å². The first kappa shape index (κ1) is 15.2. The zero-order valence-electron chi connectivity index (χ0n) is 12.9. The predicted molar refractivity (Wildman–Crippen MR) is 82.5 cm³/mol. The number of rotatable bonds is 9. The second-order valence-electron chi connectivity index (χ2n) is 6.09. The van der Waals surface area contributed by atoms with E-state index in [0.29, 0.717) is 5.41 Å². The van der Waals surface area contributed by atoms with Crippen molar-refractivity contribution in [3.63, 3.8) is 0 Å². The molecule has 20 heavy (non-hydrogen) atoms. The van der Waals surface area contributed by atoms with Gasteiger partial charge in [0.25, 0.3) is 0 Å². The van der Waals surface area contributed by atoms with Gasteiger partial charge >= 0.3 is 0 Å². The molecule has 0 bridgehead atoms. The molecule has 0 saturated heterocycles. The number of ether oxygens (including phenoxy) is 2. The van der Waals surface area contributed by atoms with Crippen molar-refractivity contribution in [2.75, 3.05) is 20.3 Å². The quantitative estimate of drug-likeness (QED) is 0.747. The van der Waals surface area contributed by atoms with E-state index in [1.807, 2.05) is 24.3 Å². The molecule has 1 fully saturated rings. The molecule has 3 nitrogen and oxygen atoms in total. The highest BCUT2D eigenvalue weighted by Crippen LogP contribution is 2.28. The minimum absolute atomic E-state index is 0.328. The van der Waals surface area contributed by atoms with E-state index >= 15 is 0 Å². The van der Waals surface area contributed by atoms with Crippen LogP contribution in [0.1, 0.15) is 39.5 Å². The highest BCUT2D eigenvalue weighted by atomic mass is 16.5. The molecule has 0 aliphatic heterocycles. The Hall–Kier alpha value is -1.22. The van der Waals surface area contributed by atoms with Gasteiger partial charge in [-0.3, -0.25) is 0 Å². The third-order valence-electron chi connectivity index (χ3n) is 4.28. The van der Waals surface area contributed by atoms with Crippen LogP contribution in [-0.2, 0) is 0 Å². The van der Waals surface area contributed by atoms with Crippen LogP contribution in [0.2, 0.25) is 0 Å². The minimum atomic E-state index is 0.328. The second-order valence-corrected chi connectivity index (χ2v) is 6.09. The van der Waals surface area contributed by atoms with Crippen LogP contribution in [-0.4, -0.2) is 26.3 Å².